The first kappa shape index (κ1) is 17.0. The molecule has 0 saturated heterocycles. The number of hydrogen-bond acceptors (Lipinski definition) is 6. The van der Waals surface area contributed by atoms with Crippen LogP contribution in [0.15, 0.2) is 47.1 Å². The molecule has 6 heteroatoms. The van der Waals surface area contributed by atoms with Crippen LogP contribution in [0.2, 0.25) is 0 Å². The Morgan fingerprint density at radius 3 is 2.84 bits per heavy atom. The molecule has 3 aromatic rings. The molecular weight excluding hydrogens is 316 g/mol. The molecular formula is C19H22N4O2. The Kier molecular flexibility index (Phi) is 5.28. The molecule has 6 nitrogen and oxygen atoms in total. The lowest BCUT2D eigenvalue weighted by Crippen LogP contribution is -2.06. The third-order valence-electron chi connectivity index (χ3n) is 3.82. The minimum absolute atomic E-state index is 0.236. The van der Waals surface area contributed by atoms with E-state index in [9.17, 15) is 0 Å². The fourth-order valence-electron chi connectivity index (χ4n) is 2.41. The molecule has 0 spiro atoms. The molecule has 0 atom stereocenters. The van der Waals surface area contributed by atoms with E-state index in [1.54, 1.807) is 13.3 Å². The van der Waals surface area contributed by atoms with Gasteiger partial charge in [-0.25, -0.2) is 4.98 Å². The second kappa shape index (κ2) is 7.79. The van der Waals surface area contributed by atoms with Gasteiger partial charge in [-0.15, -0.1) is 0 Å². The largest absolute Gasteiger partial charge is 0.497 e. The fourth-order valence-corrected chi connectivity index (χ4v) is 2.41. The van der Waals surface area contributed by atoms with Gasteiger partial charge in [-0.1, -0.05) is 31.1 Å². The van der Waals surface area contributed by atoms with Gasteiger partial charge in [0.05, 0.1) is 7.11 Å². The predicted octanol–water partition coefficient (Wildman–Crippen LogP) is 3.92. The highest BCUT2D eigenvalue weighted by Gasteiger charge is 2.12. The summed E-state index contributed by atoms with van der Waals surface area (Å²) in [6.07, 6.45) is 2.61. The van der Waals surface area contributed by atoms with Crippen molar-refractivity contribution in [3.05, 3.63) is 54.0 Å². The van der Waals surface area contributed by atoms with Gasteiger partial charge in [0.25, 0.3) is 5.89 Å². The van der Waals surface area contributed by atoms with Crippen LogP contribution < -0.4 is 10.1 Å². The second-order valence-electron chi connectivity index (χ2n) is 6.07. The van der Waals surface area contributed by atoms with E-state index in [0.717, 1.165) is 30.1 Å². The molecule has 2 heterocycles. The maximum absolute atomic E-state index is 5.34. The number of anilines is 1. The van der Waals surface area contributed by atoms with E-state index in [1.165, 1.54) is 5.56 Å². The van der Waals surface area contributed by atoms with E-state index in [2.05, 4.69) is 26.5 Å². The molecule has 0 saturated carbocycles. The molecule has 25 heavy (non-hydrogen) atoms. The highest BCUT2D eigenvalue weighted by atomic mass is 16.5. The van der Waals surface area contributed by atoms with Gasteiger partial charge in [-0.2, -0.15) is 4.98 Å². The van der Waals surface area contributed by atoms with Gasteiger partial charge in [-0.05, 0) is 36.2 Å². The monoisotopic (exact) mass is 338 g/mol. The number of rotatable bonds is 7. The summed E-state index contributed by atoms with van der Waals surface area (Å²) in [5.41, 5.74) is 2.07. The maximum atomic E-state index is 5.34. The molecule has 0 amide bonds. The van der Waals surface area contributed by atoms with Gasteiger partial charge >= 0.3 is 0 Å². The molecule has 0 aliphatic carbocycles. The molecule has 0 fully saturated rings. The molecule has 3 rings (SSSR count). The molecule has 2 aromatic heterocycles. The first-order chi connectivity index (χ1) is 12.2. The molecule has 1 aromatic carbocycles. The Labute approximate surface area is 147 Å². The average Bonchev–Trinajstić information content (AvgIpc) is 3.13. The number of hydrogen-bond donors (Lipinski definition) is 1. The van der Waals surface area contributed by atoms with Crippen LogP contribution in [0.25, 0.3) is 11.5 Å². The van der Waals surface area contributed by atoms with Crippen LogP contribution in [-0.4, -0.2) is 28.8 Å². The highest BCUT2D eigenvalue weighted by molar-refractivity contribution is 5.57. The molecule has 0 aliphatic heterocycles. The van der Waals surface area contributed by atoms with Gasteiger partial charge < -0.3 is 14.6 Å². The number of ether oxygens (including phenoxy) is 1. The van der Waals surface area contributed by atoms with Crippen LogP contribution in [-0.2, 0) is 6.42 Å². The van der Waals surface area contributed by atoms with Crippen molar-refractivity contribution in [3.8, 4) is 17.2 Å². The maximum Gasteiger partial charge on any atom is 0.258 e. The Bertz CT molecular complexity index is 830. The van der Waals surface area contributed by atoms with Crippen molar-refractivity contribution in [2.24, 2.45) is 0 Å². The summed E-state index contributed by atoms with van der Waals surface area (Å²) in [5.74, 6) is 3.11. The van der Waals surface area contributed by atoms with Crippen molar-refractivity contribution in [1.82, 2.24) is 15.1 Å². The lowest BCUT2D eigenvalue weighted by atomic mass is 10.1. The number of methoxy groups -OCH3 is 1. The van der Waals surface area contributed by atoms with Crippen LogP contribution >= 0.6 is 0 Å². The topological polar surface area (TPSA) is 73.1 Å². The standard InChI is InChI=1S/C19H22N4O2/c1-13(2)18-22-19(25-23-18)15-8-10-21-17(12-15)20-9-7-14-5-4-6-16(11-14)24-3/h4-6,8,10-13H,7,9H2,1-3H3,(H,20,21). The first-order valence-electron chi connectivity index (χ1n) is 8.32. The van der Waals surface area contributed by atoms with Crippen LogP contribution in [0.1, 0.15) is 31.2 Å². The summed E-state index contributed by atoms with van der Waals surface area (Å²) in [5, 5.41) is 7.33. The van der Waals surface area contributed by atoms with E-state index < -0.39 is 0 Å². The summed E-state index contributed by atoms with van der Waals surface area (Å²) < 4.78 is 10.6. The van der Waals surface area contributed by atoms with E-state index in [0.29, 0.717) is 11.7 Å². The quantitative estimate of drug-likeness (QED) is 0.704. The summed E-state index contributed by atoms with van der Waals surface area (Å²) in [6, 6.07) is 11.8. The van der Waals surface area contributed by atoms with E-state index >= 15 is 0 Å². The number of nitrogens with one attached hydrogen (secondary N) is 1. The van der Waals surface area contributed by atoms with Gasteiger partial charge in [0.2, 0.25) is 0 Å². The Balaban J connectivity index is 1.63. The minimum atomic E-state index is 0.236. The van der Waals surface area contributed by atoms with Crippen molar-refractivity contribution in [2.45, 2.75) is 26.2 Å². The summed E-state index contributed by atoms with van der Waals surface area (Å²) in [7, 11) is 1.68. The summed E-state index contributed by atoms with van der Waals surface area (Å²) >= 11 is 0. The number of pyridine rings is 1. The highest BCUT2D eigenvalue weighted by Crippen LogP contribution is 2.21. The lowest BCUT2D eigenvalue weighted by Gasteiger charge is -2.07. The van der Waals surface area contributed by atoms with Crippen LogP contribution in [0.4, 0.5) is 5.82 Å². The average molecular weight is 338 g/mol. The van der Waals surface area contributed by atoms with Crippen molar-refractivity contribution in [1.29, 1.82) is 0 Å². The van der Waals surface area contributed by atoms with Gasteiger partial charge in [0.15, 0.2) is 5.82 Å². The minimum Gasteiger partial charge on any atom is -0.497 e. The van der Waals surface area contributed by atoms with E-state index in [4.69, 9.17) is 9.26 Å². The summed E-state index contributed by atoms with van der Waals surface area (Å²) in [6.45, 7) is 4.84. The molecule has 0 unspecified atom stereocenters. The van der Waals surface area contributed by atoms with Crippen LogP contribution in [0.5, 0.6) is 5.75 Å². The second-order valence-corrected chi connectivity index (χ2v) is 6.07. The molecule has 0 radical (unpaired) electrons. The number of aromatic nitrogens is 3. The molecule has 130 valence electrons. The molecule has 1 N–H and O–H groups in total. The van der Waals surface area contributed by atoms with E-state index in [1.807, 2.05) is 44.2 Å². The van der Waals surface area contributed by atoms with Crippen LogP contribution in [0.3, 0.4) is 0 Å². The van der Waals surface area contributed by atoms with Gasteiger partial charge in [0.1, 0.15) is 11.6 Å². The SMILES string of the molecule is COc1cccc(CCNc2cc(-c3nc(C(C)C)no3)ccn2)c1. The van der Waals surface area contributed by atoms with Crippen molar-refractivity contribution >= 4 is 5.82 Å². The lowest BCUT2D eigenvalue weighted by molar-refractivity contribution is 0.414. The van der Waals surface area contributed by atoms with Gasteiger partial charge in [0, 0.05) is 24.2 Å². The van der Waals surface area contributed by atoms with Crippen molar-refractivity contribution in [2.75, 3.05) is 19.0 Å². The van der Waals surface area contributed by atoms with Crippen molar-refractivity contribution < 1.29 is 9.26 Å². The number of nitrogens with zero attached hydrogens (tertiary/aromatic N) is 3. The Morgan fingerprint density at radius 2 is 2.08 bits per heavy atom. The van der Waals surface area contributed by atoms with Crippen molar-refractivity contribution in [3.63, 3.8) is 0 Å². The predicted molar refractivity (Wildman–Crippen MR) is 96.8 cm³/mol. The Hall–Kier alpha value is -2.89. The summed E-state index contributed by atoms with van der Waals surface area (Å²) in [4.78, 5) is 8.77. The third kappa shape index (κ3) is 4.35. The zero-order valence-corrected chi connectivity index (χ0v) is 14.7. The zero-order chi connectivity index (χ0) is 17.6. The normalized spacial score (nSPS) is 10.9. The fraction of sp³-hybridized carbons (Fsp3) is 0.316. The molecule has 0 aliphatic rings. The molecule has 0 bridgehead atoms. The van der Waals surface area contributed by atoms with Crippen LogP contribution in [0, 0.1) is 0 Å². The van der Waals surface area contributed by atoms with E-state index in [-0.39, 0.29) is 5.92 Å². The zero-order valence-electron chi connectivity index (χ0n) is 14.7. The smallest absolute Gasteiger partial charge is 0.258 e. The van der Waals surface area contributed by atoms with Gasteiger partial charge in [-0.3, -0.25) is 0 Å². The number of benzene rings is 1. The Morgan fingerprint density at radius 1 is 1.20 bits per heavy atom. The third-order valence-corrected chi connectivity index (χ3v) is 3.82. The first-order valence-corrected chi connectivity index (χ1v) is 8.32.